The van der Waals surface area contributed by atoms with Crippen molar-refractivity contribution in [1.29, 1.82) is 5.26 Å². The van der Waals surface area contributed by atoms with Crippen LogP contribution in [0.15, 0.2) is 42.6 Å². The fourth-order valence-electron chi connectivity index (χ4n) is 2.35. The summed E-state index contributed by atoms with van der Waals surface area (Å²) in [5.74, 6) is -0.321. The molecule has 0 fully saturated rings. The number of anilines is 1. The average Bonchev–Trinajstić information content (AvgIpc) is 2.80. The van der Waals surface area contributed by atoms with Gasteiger partial charge in [0, 0.05) is 11.8 Å². The lowest BCUT2D eigenvalue weighted by molar-refractivity contribution is 0.103. The second-order valence-electron chi connectivity index (χ2n) is 4.66. The minimum atomic E-state index is -0.321. The van der Waals surface area contributed by atoms with E-state index in [0.717, 1.165) is 0 Å². The second-order valence-corrected chi connectivity index (χ2v) is 5.48. The second kappa shape index (κ2) is 5.38. The third kappa shape index (κ3) is 2.12. The van der Waals surface area contributed by atoms with Gasteiger partial charge in [0.1, 0.15) is 17.3 Å². The van der Waals surface area contributed by atoms with E-state index in [2.05, 4.69) is 0 Å². The molecule has 3 rings (SSSR count). The van der Waals surface area contributed by atoms with E-state index in [1.54, 1.807) is 40.9 Å². The van der Waals surface area contributed by atoms with E-state index in [4.69, 9.17) is 28.9 Å². The number of nitriles is 1. The van der Waals surface area contributed by atoms with Crippen LogP contribution < -0.4 is 5.73 Å². The summed E-state index contributed by atoms with van der Waals surface area (Å²) in [4.78, 5) is 12.8. The van der Waals surface area contributed by atoms with Gasteiger partial charge in [-0.1, -0.05) is 29.3 Å². The van der Waals surface area contributed by atoms with Crippen molar-refractivity contribution < 1.29 is 4.79 Å². The Hall–Kier alpha value is -2.48. The molecule has 1 aromatic carbocycles. The summed E-state index contributed by atoms with van der Waals surface area (Å²) in [5, 5.41) is 9.92. The van der Waals surface area contributed by atoms with E-state index in [0.29, 0.717) is 16.1 Å². The highest BCUT2D eigenvalue weighted by Gasteiger charge is 2.22. The number of pyridine rings is 1. The minimum Gasteiger partial charge on any atom is -0.396 e. The molecule has 0 saturated heterocycles. The molecule has 0 saturated carbocycles. The number of halogens is 2. The van der Waals surface area contributed by atoms with Crippen LogP contribution in [0.4, 0.5) is 5.69 Å². The van der Waals surface area contributed by atoms with Crippen molar-refractivity contribution in [3.63, 3.8) is 0 Å². The van der Waals surface area contributed by atoms with Gasteiger partial charge in [0.05, 0.1) is 21.2 Å². The molecular weight excluding hydrogens is 321 g/mol. The Morgan fingerprint density at radius 2 is 1.95 bits per heavy atom. The van der Waals surface area contributed by atoms with Gasteiger partial charge in [0.15, 0.2) is 0 Å². The molecule has 0 aliphatic carbocycles. The maximum Gasteiger partial charge on any atom is 0.211 e. The topological polar surface area (TPSA) is 71.3 Å². The van der Waals surface area contributed by atoms with Gasteiger partial charge >= 0.3 is 0 Å². The molecule has 0 aliphatic rings. The van der Waals surface area contributed by atoms with Crippen LogP contribution in [0.1, 0.15) is 21.6 Å². The van der Waals surface area contributed by atoms with Crippen molar-refractivity contribution in [3.8, 4) is 6.07 Å². The Morgan fingerprint density at radius 3 is 2.64 bits per heavy atom. The van der Waals surface area contributed by atoms with Crippen LogP contribution in [-0.2, 0) is 0 Å². The van der Waals surface area contributed by atoms with Gasteiger partial charge < -0.3 is 10.1 Å². The predicted octanol–water partition coefficient (Wildman–Crippen LogP) is 3.93. The number of aromatic nitrogens is 1. The van der Waals surface area contributed by atoms with Crippen molar-refractivity contribution >= 4 is 40.2 Å². The largest absolute Gasteiger partial charge is 0.396 e. The molecule has 0 atom stereocenters. The quantitative estimate of drug-likeness (QED) is 0.724. The zero-order chi connectivity index (χ0) is 15.9. The number of nitrogens with two attached hydrogens (primary N) is 1. The first kappa shape index (κ1) is 14.5. The average molecular weight is 330 g/mol. The van der Waals surface area contributed by atoms with E-state index in [1.807, 2.05) is 6.07 Å². The number of hydrogen-bond acceptors (Lipinski definition) is 3. The van der Waals surface area contributed by atoms with Crippen molar-refractivity contribution in [1.82, 2.24) is 4.40 Å². The van der Waals surface area contributed by atoms with E-state index in [-0.39, 0.29) is 27.8 Å². The van der Waals surface area contributed by atoms with Gasteiger partial charge in [-0.15, -0.1) is 0 Å². The lowest BCUT2D eigenvalue weighted by atomic mass is 10.1. The molecular formula is C16H9Cl2N3O. The highest BCUT2D eigenvalue weighted by molar-refractivity contribution is 6.42. The minimum absolute atomic E-state index is 0.157. The number of carbonyl (C=O) groups excluding carboxylic acids is 1. The van der Waals surface area contributed by atoms with Crippen molar-refractivity contribution in [2.24, 2.45) is 0 Å². The zero-order valence-electron chi connectivity index (χ0n) is 11.2. The Balaban J connectivity index is 2.26. The summed E-state index contributed by atoms with van der Waals surface area (Å²) < 4.78 is 1.61. The van der Waals surface area contributed by atoms with Gasteiger partial charge in [-0.3, -0.25) is 4.79 Å². The lowest BCUT2D eigenvalue weighted by Crippen LogP contribution is -2.08. The van der Waals surface area contributed by atoms with Crippen molar-refractivity contribution in [2.45, 2.75) is 0 Å². The Labute approximate surface area is 136 Å². The molecule has 0 amide bonds. The number of hydrogen-bond donors (Lipinski definition) is 1. The zero-order valence-corrected chi connectivity index (χ0v) is 12.7. The smallest absolute Gasteiger partial charge is 0.211 e. The maximum atomic E-state index is 12.8. The lowest BCUT2D eigenvalue weighted by Gasteiger charge is -2.05. The predicted molar refractivity (Wildman–Crippen MR) is 86.4 cm³/mol. The fraction of sp³-hybridized carbons (Fsp3) is 0. The van der Waals surface area contributed by atoms with Gasteiger partial charge in [0.25, 0.3) is 0 Å². The molecule has 22 heavy (non-hydrogen) atoms. The fourth-order valence-corrected chi connectivity index (χ4v) is 2.65. The standard InChI is InChI=1S/C16H9Cl2N3O/c17-11-5-4-9(7-12(11)18)16(22)15-14(20)10(8-19)13-3-1-2-6-21(13)15/h1-7H,20H2. The van der Waals surface area contributed by atoms with Gasteiger partial charge in [-0.25, -0.2) is 0 Å². The monoisotopic (exact) mass is 329 g/mol. The normalized spacial score (nSPS) is 10.6. The number of nitrogen functional groups attached to an aromatic ring is 1. The summed E-state index contributed by atoms with van der Waals surface area (Å²) in [6.45, 7) is 0. The van der Waals surface area contributed by atoms with Crippen LogP contribution in [0.3, 0.4) is 0 Å². The molecule has 0 radical (unpaired) electrons. The summed E-state index contributed by atoms with van der Waals surface area (Å²) in [6.07, 6.45) is 1.69. The number of rotatable bonds is 2. The van der Waals surface area contributed by atoms with Crippen molar-refractivity contribution in [3.05, 3.63) is 69.5 Å². The molecule has 0 aliphatic heterocycles. The summed E-state index contributed by atoms with van der Waals surface area (Å²) in [6, 6.07) is 11.9. The third-order valence-corrected chi connectivity index (χ3v) is 4.13. The molecule has 2 heterocycles. The van der Waals surface area contributed by atoms with Crippen LogP contribution in [0.2, 0.25) is 10.0 Å². The van der Waals surface area contributed by atoms with E-state index < -0.39 is 0 Å². The molecule has 0 unspecified atom stereocenters. The van der Waals surface area contributed by atoms with Gasteiger partial charge in [-0.2, -0.15) is 5.26 Å². The molecule has 0 spiro atoms. The van der Waals surface area contributed by atoms with Gasteiger partial charge in [-0.05, 0) is 30.3 Å². The van der Waals surface area contributed by atoms with E-state index >= 15 is 0 Å². The highest BCUT2D eigenvalue weighted by atomic mass is 35.5. The number of carbonyl (C=O) groups is 1. The Kier molecular flexibility index (Phi) is 3.53. The number of fused-ring (bicyclic) bond motifs is 1. The molecule has 3 aromatic rings. The van der Waals surface area contributed by atoms with Crippen molar-refractivity contribution in [2.75, 3.05) is 5.73 Å². The van der Waals surface area contributed by atoms with E-state index in [9.17, 15) is 10.1 Å². The SMILES string of the molecule is N#Cc1c(N)c(C(=O)c2ccc(Cl)c(Cl)c2)n2ccccc12. The molecule has 0 bridgehead atoms. The molecule has 6 heteroatoms. The maximum absolute atomic E-state index is 12.8. The summed E-state index contributed by atoms with van der Waals surface area (Å²) in [5.41, 5.74) is 7.63. The summed E-state index contributed by atoms with van der Waals surface area (Å²) >= 11 is 11.8. The Morgan fingerprint density at radius 1 is 1.18 bits per heavy atom. The number of ketones is 1. The number of nitrogens with zero attached hydrogens (tertiary/aromatic N) is 2. The van der Waals surface area contributed by atoms with Crippen LogP contribution in [-0.4, -0.2) is 10.2 Å². The first-order chi connectivity index (χ1) is 10.5. The van der Waals surface area contributed by atoms with Crippen LogP contribution in [0.5, 0.6) is 0 Å². The van der Waals surface area contributed by atoms with E-state index in [1.165, 1.54) is 6.07 Å². The molecule has 2 aromatic heterocycles. The van der Waals surface area contributed by atoms with Crippen LogP contribution in [0, 0.1) is 11.3 Å². The number of benzene rings is 1. The highest BCUT2D eigenvalue weighted by Crippen LogP contribution is 2.29. The third-order valence-electron chi connectivity index (χ3n) is 3.39. The first-order valence-electron chi connectivity index (χ1n) is 6.33. The molecule has 2 N–H and O–H groups in total. The molecule has 108 valence electrons. The Bertz CT molecular complexity index is 954. The summed E-state index contributed by atoms with van der Waals surface area (Å²) in [7, 11) is 0. The van der Waals surface area contributed by atoms with Crippen LogP contribution in [0.25, 0.3) is 5.52 Å². The van der Waals surface area contributed by atoms with Crippen LogP contribution >= 0.6 is 23.2 Å². The van der Waals surface area contributed by atoms with Gasteiger partial charge in [0.2, 0.25) is 5.78 Å². The first-order valence-corrected chi connectivity index (χ1v) is 7.08. The molecule has 4 nitrogen and oxygen atoms in total.